The van der Waals surface area contributed by atoms with E-state index in [-0.39, 0.29) is 11.1 Å². The predicted molar refractivity (Wildman–Crippen MR) is 99.5 cm³/mol. The van der Waals surface area contributed by atoms with Crippen molar-refractivity contribution in [1.29, 1.82) is 0 Å². The third-order valence-electron chi connectivity index (χ3n) is 4.06. The van der Waals surface area contributed by atoms with Gasteiger partial charge < -0.3 is 15.4 Å². The molecule has 1 heterocycles. The minimum atomic E-state index is 0.154. The van der Waals surface area contributed by atoms with E-state index in [1.54, 1.807) is 7.11 Å². The predicted octanol–water partition coefficient (Wildman–Crippen LogP) is 4.62. The molecule has 1 saturated heterocycles. The van der Waals surface area contributed by atoms with Crippen LogP contribution in [0.4, 0.5) is 0 Å². The number of ether oxygens (including phenoxy) is 1. The second-order valence-electron chi connectivity index (χ2n) is 7.46. The monoisotopic (exact) mass is 432 g/mol. The Hall–Kier alpha value is -0.100. The number of hydrogen-bond acceptors (Lipinski definition) is 3. The first kappa shape index (κ1) is 18.2. The normalized spacial score (nSPS) is 20.9. The highest BCUT2D eigenvalue weighted by Crippen LogP contribution is 2.33. The summed E-state index contributed by atoms with van der Waals surface area (Å²) in [6, 6.07) is 4.63. The van der Waals surface area contributed by atoms with E-state index in [0.717, 1.165) is 39.6 Å². The summed E-state index contributed by atoms with van der Waals surface area (Å²) in [5.41, 5.74) is 1.47. The zero-order chi connectivity index (χ0) is 16.5. The van der Waals surface area contributed by atoms with E-state index in [4.69, 9.17) is 4.74 Å². The summed E-state index contributed by atoms with van der Waals surface area (Å²) in [4.78, 5) is 0. The zero-order valence-electron chi connectivity index (χ0n) is 14.0. The first-order valence-electron chi connectivity index (χ1n) is 7.66. The molecule has 2 N–H and O–H groups in total. The standard InChI is InChI=1S/C17H26Br2N2O/c1-16(2)8-13(9-17(3,4)21-16)20-10-11-6-12(18)7-14(19)15(11)22-5/h6-7,13,20-21H,8-10H2,1-5H3. The van der Waals surface area contributed by atoms with Gasteiger partial charge in [-0.25, -0.2) is 0 Å². The van der Waals surface area contributed by atoms with Crippen LogP contribution in [0.1, 0.15) is 46.1 Å². The van der Waals surface area contributed by atoms with Crippen molar-refractivity contribution in [3.8, 4) is 5.75 Å². The minimum absolute atomic E-state index is 0.154. The zero-order valence-corrected chi connectivity index (χ0v) is 17.2. The quantitative estimate of drug-likeness (QED) is 0.726. The van der Waals surface area contributed by atoms with Gasteiger partial charge in [0, 0.05) is 33.7 Å². The fourth-order valence-electron chi connectivity index (χ4n) is 3.69. The Morgan fingerprint density at radius 2 is 1.77 bits per heavy atom. The van der Waals surface area contributed by atoms with Crippen LogP contribution in [-0.4, -0.2) is 24.2 Å². The van der Waals surface area contributed by atoms with Crippen LogP contribution in [-0.2, 0) is 6.54 Å². The van der Waals surface area contributed by atoms with E-state index in [9.17, 15) is 0 Å². The molecule has 22 heavy (non-hydrogen) atoms. The van der Waals surface area contributed by atoms with Crippen LogP contribution in [0.25, 0.3) is 0 Å². The fourth-order valence-corrected chi connectivity index (χ4v) is 5.17. The van der Waals surface area contributed by atoms with Gasteiger partial charge in [-0.1, -0.05) is 15.9 Å². The maximum atomic E-state index is 5.53. The van der Waals surface area contributed by atoms with Crippen LogP contribution in [0, 0.1) is 0 Å². The van der Waals surface area contributed by atoms with Crippen molar-refractivity contribution in [3.63, 3.8) is 0 Å². The van der Waals surface area contributed by atoms with Crippen LogP contribution in [0.2, 0.25) is 0 Å². The molecule has 0 amide bonds. The maximum Gasteiger partial charge on any atom is 0.137 e. The molecular weight excluding hydrogens is 408 g/mol. The fraction of sp³-hybridized carbons (Fsp3) is 0.647. The van der Waals surface area contributed by atoms with Gasteiger partial charge in [-0.15, -0.1) is 0 Å². The number of halogens is 2. The van der Waals surface area contributed by atoms with Gasteiger partial charge >= 0.3 is 0 Å². The SMILES string of the molecule is COc1c(Br)cc(Br)cc1CNC1CC(C)(C)NC(C)(C)C1. The van der Waals surface area contributed by atoms with E-state index >= 15 is 0 Å². The summed E-state index contributed by atoms with van der Waals surface area (Å²) < 4.78 is 7.57. The molecule has 1 aromatic rings. The van der Waals surface area contributed by atoms with E-state index in [2.05, 4.69) is 76.3 Å². The van der Waals surface area contributed by atoms with Crippen LogP contribution in [0.3, 0.4) is 0 Å². The highest BCUT2D eigenvalue weighted by Gasteiger charge is 2.37. The van der Waals surface area contributed by atoms with Crippen molar-refractivity contribution in [1.82, 2.24) is 10.6 Å². The molecule has 0 radical (unpaired) electrons. The lowest BCUT2D eigenvalue weighted by molar-refractivity contribution is 0.145. The summed E-state index contributed by atoms with van der Waals surface area (Å²) in [5, 5.41) is 7.44. The molecule has 0 aromatic heterocycles. The smallest absolute Gasteiger partial charge is 0.137 e. The minimum Gasteiger partial charge on any atom is -0.495 e. The third-order valence-corrected chi connectivity index (χ3v) is 5.11. The van der Waals surface area contributed by atoms with Crippen molar-refractivity contribution in [2.75, 3.05) is 7.11 Å². The molecule has 0 unspecified atom stereocenters. The van der Waals surface area contributed by atoms with Gasteiger partial charge in [0.1, 0.15) is 5.75 Å². The molecule has 124 valence electrons. The van der Waals surface area contributed by atoms with E-state index in [1.807, 2.05) is 6.07 Å². The van der Waals surface area contributed by atoms with Crippen LogP contribution >= 0.6 is 31.9 Å². The lowest BCUT2D eigenvalue weighted by Crippen LogP contribution is -2.61. The second kappa shape index (κ2) is 6.80. The molecule has 1 aliphatic rings. The molecule has 2 rings (SSSR count). The molecule has 0 spiro atoms. The average molecular weight is 434 g/mol. The Morgan fingerprint density at radius 3 is 2.32 bits per heavy atom. The molecule has 0 saturated carbocycles. The average Bonchev–Trinajstić information content (AvgIpc) is 2.32. The van der Waals surface area contributed by atoms with E-state index in [1.165, 1.54) is 0 Å². The first-order valence-corrected chi connectivity index (χ1v) is 9.25. The van der Waals surface area contributed by atoms with Gasteiger partial charge in [-0.05, 0) is 68.6 Å². The molecule has 1 aromatic carbocycles. The van der Waals surface area contributed by atoms with Gasteiger partial charge in [0.2, 0.25) is 0 Å². The molecule has 5 heteroatoms. The number of methoxy groups -OCH3 is 1. The highest BCUT2D eigenvalue weighted by molar-refractivity contribution is 9.11. The molecular formula is C17H26Br2N2O. The summed E-state index contributed by atoms with van der Waals surface area (Å²) >= 11 is 7.12. The van der Waals surface area contributed by atoms with Gasteiger partial charge in [-0.2, -0.15) is 0 Å². The van der Waals surface area contributed by atoms with Crippen molar-refractivity contribution < 1.29 is 4.74 Å². The van der Waals surface area contributed by atoms with Crippen LogP contribution < -0.4 is 15.4 Å². The lowest BCUT2D eigenvalue weighted by atomic mass is 9.79. The van der Waals surface area contributed by atoms with Crippen LogP contribution in [0.5, 0.6) is 5.75 Å². The largest absolute Gasteiger partial charge is 0.495 e. The first-order chi connectivity index (χ1) is 10.1. The number of hydrogen-bond donors (Lipinski definition) is 2. The Labute approximate surface area is 150 Å². The number of benzene rings is 1. The van der Waals surface area contributed by atoms with Gasteiger partial charge in [0.05, 0.1) is 11.6 Å². The molecule has 0 atom stereocenters. The number of rotatable bonds is 4. The lowest BCUT2D eigenvalue weighted by Gasteiger charge is -2.46. The summed E-state index contributed by atoms with van der Waals surface area (Å²) in [6.45, 7) is 9.91. The van der Waals surface area contributed by atoms with Crippen molar-refractivity contribution >= 4 is 31.9 Å². The highest BCUT2D eigenvalue weighted by atomic mass is 79.9. The second-order valence-corrected chi connectivity index (χ2v) is 9.23. The maximum absolute atomic E-state index is 5.53. The molecule has 1 fully saturated rings. The summed E-state index contributed by atoms with van der Waals surface area (Å²) in [5.74, 6) is 0.906. The topological polar surface area (TPSA) is 33.3 Å². The van der Waals surface area contributed by atoms with Crippen LogP contribution in [0.15, 0.2) is 21.1 Å². The van der Waals surface area contributed by atoms with E-state index in [0.29, 0.717) is 6.04 Å². The molecule has 0 aliphatic carbocycles. The van der Waals surface area contributed by atoms with Crippen molar-refractivity contribution in [2.24, 2.45) is 0 Å². The van der Waals surface area contributed by atoms with Crippen molar-refractivity contribution in [2.45, 2.75) is 64.2 Å². The Bertz CT molecular complexity index is 528. The number of nitrogens with one attached hydrogen (secondary N) is 2. The number of piperidine rings is 1. The van der Waals surface area contributed by atoms with Gasteiger partial charge in [0.25, 0.3) is 0 Å². The van der Waals surface area contributed by atoms with Gasteiger partial charge in [0.15, 0.2) is 0 Å². The van der Waals surface area contributed by atoms with Gasteiger partial charge in [-0.3, -0.25) is 0 Å². The third kappa shape index (κ3) is 4.70. The van der Waals surface area contributed by atoms with E-state index < -0.39 is 0 Å². The Kier molecular flexibility index (Phi) is 5.63. The van der Waals surface area contributed by atoms with Crippen molar-refractivity contribution in [3.05, 3.63) is 26.6 Å². The molecule has 0 bridgehead atoms. The summed E-state index contributed by atoms with van der Waals surface area (Å²) in [6.07, 6.45) is 2.24. The Balaban J connectivity index is 2.10. The summed E-state index contributed by atoms with van der Waals surface area (Å²) in [7, 11) is 1.72. The Morgan fingerprint density at radius 1 is 1.18 bits per heavy atom. The molecule has 1 aliphatic heterocycles. The molecule has 3 nitrogen and oxygen atoms in total.